The summed E-state index contributed by atoms with van der Waals surface area (Å²) in [5.41, 5.74) is 0.526. The zero-order valence-electron chi connectivity index (χ0n) is 12.2. The molecule has 0 radical (unpaired) electrons. The molecular weight excluding hydrogens is 388 g/mol. The number of carbonyl (C=O) groups excluding carboxylic acids is 1. The first-order valence-electron chi connectivity index (χ1n) is 6.49. The topological polar surface area (TPSA) is 62.7 Å². The van der Waals surface area contributed by atoms with Crippen molar-refractivity contribution in [3.8, 4) is 0 Å². The Bertz CT molecular complexity index is 469. The number of halogens is 2. The van der Waals surface area contributed by atoms with E-state index in [9.17, 15) is 9.18 Å². The summed E-state index contributed by atoms with van der Waals surface area (Å²) < 4.78 is 18.0. The van der Waals surface area contributed by atoms with Crippen LogP contribution in [0.25, 0.3) is 0 Å². The van der Waals surface area contributed by atoms with E-state index in [1.165, 1.54) is 13.2 Å². The Hall–Kier alpha value is -1.38. The molecular formula is C14H21FIN3O2. The van der Waals surface area contributed by atoms with Gasteiger partial charge in [0, 0.05) is 18.7 Å². The molecule has 0 aromatic heterocycles. The first-order chi connectivity index (χ1) is 9.67. The summed E-state index contributed by atoms with van der Waals surface area (Å²) in [4.78, 5) is 15.3. The Morgan fingerprint density at radius 1 is 1.33 bits per heavy atom. The second kappa shape index (κ2) is 11.3. The lowest BCUT2D eigenvalue weighted by Crippen LogP contribution is -2.38. The molecule has 0 atom stereocenters. The van der Waals surface area contributed by atoms with Crippen molar-refractivity contribution in [3.63, 3.8) is 0 Å². The Morgan fingerprint density at radius 3 is 2.67 bits per heavy atom. The number of rotatable bonds is 6. The molecule has 0 fully saturated rings. The number of hydrogen-bond acceptors (Lipinski definition) is 3. The van der Waals surface area contributed by atoms with Crippen LogP contribution in [-0.2, 0) is 16.1 Å². The summed E-state index contributed by atoms with van der Waals surface area (Å²) in [5, 5.41) is 6.02. The highest BCUT2D eigenvalue weighted by Gasteiger charge is 2.03. The van der Waals surface area contributed by atoms with Crippen molar-refractivity contribution in [2.24, 2.45) is 4.99 Å². The minimum atomic E-state index is -0.289. The molecule has 0 saturated carbocycles. The van der Waals surface area contributed by atoms with Crippen LogP contribution in [0.4, 0.5) is 4.39 Å². The quantitative estimate of drug-likeness (QED) is 0.327. The van der Waals surface area contributed by atoms with Crippen molar-refractivity contribution >= 4 is 35.9 Å². The minimum absolute atomic E-state index is 0. The van der Waals surface area contributed by atoms with Gasteiger partial charge >= 0.3 is 5.97 Å². The molecule has 21 heavy (non-hydrogen) atoms. The van der Waals surface area contributed by atoms with Gasteiger partial charge in [-0.1, -0.05) is 18.2 Å². The molecule has 2 N–H and O–H groups in total. The Kier molecular flexibility index (Phi) is 10.6. The van der Waals surface area contributed by atoms with Gasteiger partial charge < -0.3 is 15.4 Å². The van der Waals surface area contributed by atoms with E-state index in [1.807, 2.05) is 6.92 Å². The fraction of sp³-hybridized carbons (Fsp3) is 0.429. The van der Waals surface area contributed by atoms with Crippen molar-refractivity contribution in [3.05, 3.63) is 35.6 Å². The largest absolute Gasteiger partial charge is 0.469 e. The first-order valence-corrected chi connectivity index (χ1v) is 6.49. The molecule has 7 heteroatoms. The van der Waals surface area contributed by atoms with E-state index < -0.39 is 0 Å². The van der Waals surface area contributed by atoms with Gasteiger partial charge in [0.15, 0.2) is 5.96 Å². The van der Waals surface area contributed by atoms with Crippen LogP contribution >= 0.6 is 24.0 Å². The fourth-order valence-corrected chi connectivity index (χ4v) is 1.52. The lowest BCUT2D eigenvalue weighted by atomic mass is 10.2. The summed E-state index contributed by atoms with van der Waals surface area (Å²) in [5.74, 6) is -0.0243. The number of methoxy groups -OCH3 is 1. The van der Waals surface area contributed by atoms with E-state index in [0.717, 1.165) is 0 Å². The number of nitrogens with one attached hydrogen (secondary N) is 2. The maximum absolute atomic E-state index is 13.5. The molecule has 0 unspecified atom stereocenters. The van der Waals surface area contributed by atoms with E-state index >= 15 is 0 Å². The number of aliphatic imine (C=N–C) groups is 1. The molecule has 0 heterocycles. The van der Waals surface area contributed by atoms with Crippen LogP contribution < -0.4 is 10.6 Å². The highest BCUT2D eigenvalue weighted by molar-refractivity contribution is 14.0. The molecule has 118 valence electrons. The van der Waals surface area contributed by atoms with Crippen LogP contribution in [0.3, 0.4) is 0 Å². The molecule has 1 aromatic carbocycles. The molecule has 0 aliphatic heterocycles. The van der Waals surface area contributed by atoms with Crippen molar-refractivity contribution < 1.29 is 13.9 Å². The third-order valence-electron chi connectivity index (χ3n) is 2.56. The van der Waals surface area contributed by atoms with Crippen LogP contribution in [0.15, 0.2) is 29.3 Å². The summed E-state index contributed by atoms with van der Waals surface area (Å²) in [6.45, 7) is 3.26. The normalized spacial score (nSPS) is 10.5. The second-order valence-corrected chi connectivity index (χ2v) is 4.04. The lowest BCUT2D eigenvalue weighted by Gasteiger charge is -2.10. The maximum Gasteiger partial charge on any atom is 0.307 e. The van der Waals surface area contributed by atoms with Gasteiger partial charge in [-0.25, -0.2) is 9.38 Å². The van der Waals surface area contributed by atoms with E-state index in [0.29, 0.717) is 24.6 Å². The van der Waals surface area contributed by atoms with Crippen LogP contribution in [0.5, 0.6) is 0 Å². The number of benzene rings is 1. The molecule has 1 rings (SSSR count). The van der Waals surface area contributed by atoms with Gasteiger partial charge in [-0.05, 0) is 13.0 Å². The smallest absolute Gasteiger partial charge is 0.307 e. The Morgan fingerprint density at radius 2 is 2.05 bits per heavy atom. The number of ether oxygens (including phenoxy) is 1. The number of carbonyl (C=O) groups is 1. The summed E-state index contributed by atoms with van der Waals surface area (Å²) in [6, 6.07) is 6.51. The minimum Gasteiger partial charge on any atom is -0.469 e. The van der Waals surface area contributed by atoms with E-state index in [2.05, 4.69) is 20.4 Å². The standard InChI is InChI=1S/C14H20FN3O2.HI/c1-3-16-14(17-9-8-13(19)20-2)18-10-11-6-4-5-7-12(11)15;/h4-7H,3,8-10H2,1-2H3,(H2,16,17,18);1H. The number of hydrogen-bond donors (Lipinski definition) is 2. The molecule has 0 saturated heterocycles. The molecule has 0 bridgehead atoms. The van der Waals surface area contributed by atoms with Crippen molar-refractivity contribution in [2.75, 3.05) is 20.2 Å². The Balaban J connectivity index is 0.00000400. The van der Waals surface area contributed by atoms with Gasteiger partial charge in [-0.2, -0.15) is 0 Å². The molecule has 0 spiro atoms. The monoisotopic (exact) mass is 409 g/mol. The zero-order chi connectivity index (χ0) is 14.8. The summed E-state index contributed by atoms with van der Waals surface area (Å²) >= 11 is 0. The molecule has 1 aromatic rings. The molecule has 0 aliphatic rings. The third kappa shape index (κ3) is 7.84. The van der Waals surface area contributed by atoms with E-state index in [1.54, 1.807) is 18.2 Å². The lowest BCUT2D eigenvalue weighted by molar-refractivity contribution is -0.140. The highest BCUT2D eigenvalue weighted by Crippen LogP contribution is 2.07. The zero-order valence-corrected chi connectivity index (χ0v) is 14.5. The third-order valence-corrected chi connectivity index (χ3v) is 2.56. The summed E-state index contributed by atoms with van der Waals surface area (Å²) in [7, 11) is 1.35. The molecule has 5 nitrogen and oxygen atoms in total. The van der Waals surface area contributed by atoms with Crippen molar-refractivity contribution in [2.45, 2.75) is 19.9 Å². The Labute approximate surface area is 141 Å². The number of esters is 1. The van der Waals surface area contributed by atoms with Gasteiger partial charge in [0.25, 0.3) is 0 Å². The fourth-order valence-electron chi connectivity index (χ4n) is 1.52. The van der Waals surface area contributed by atoms with Crippen molar-refractivity contribution in [1.29, 1.82) is 0 Å². The molecule has 0 amide bonds. The van der Waals surface area contributed by atoms with Crippen LogP contribution in [-0.4, -0.2) is 32.1 Å². The van der Waals surface area contributed by atoms with Gasteiger partial charge in [0.2, 0.25) is 0 Å². The average molecular weight is 409 g/mol. The van der Waals surface area contributed by atoms with Crippen LogP contribution in [0.1, 0.15) is 18.9 Å². The van der Waals surface area contributed by atoms with E-state index in [4.69, 9.17) is 0 Å². The number of guanidine groups is 1. The maximum atomic E-state index is 13.5. The summed E-state index contributed by atoms with van der Waals surface area (Å²) in [6.07, 6.45) is 0.251. The highest BCUT2D eigenvalue weighted by atomic mass is 127. The molecule has 0 aliphatic carbocycles. The average Bonchev–Trinajstić information content (AvgIpc) is 2.46. The van der Waals surface area contributed by atoms with Gasteiger partial charge in [-0.3, -0.25) is 4.79 Å². The van der Waals surface area contributed by atoms with Gasteiger partial charge in [-0.15, -0.1) is 24.0 Å². The van der Waals surface area contributed by atoms with Crippen LogP contribution in [0, 0.1) is 5.82 Å². The van der Waals surface area contributed by atoms with Crippen molar-refractivity contribution in [1.82, 2.24) is 10.6 Å². The van der Waals surface area contributed by atoms with E-state index in [-0.39, 0.29) is 48.7 Å². The first kappa shape index (κ1) is 19.6. The van der Waals surface area contributed by atoms with Gasteiger partial charge in [0.05, 0.1) is 20.1 Å². The predicted octanol–water partition coefficient (Wildman–Crippen LogP) is 2.06. The predicted molar refractivity (Wildman–Crippen MR) is 91.3 cm³/mol. The van der Waals surface area contributed by atoms with Crippen LogP contribution in [0.2, 0.25) is 0 Å². The van der Waals surface area contributed by atoms with Gasteiger partial charge in [0.1, 0.15) is 5.82 Å². The SMILES string of the molecule is CCNC(=NCc1ccccc1F)NCCC(=O)OC.I. The second-order valence-electron chi connectivity index (χ2n) is 4.04. The number of nitrogens with zero attached hydrogens (tertiary/aromatic N) is 1.